The highest BCUT2D eigenvalue weighted by molar-refractivity contribution is 4.83. The normalized spacial score (nSPS) is 9.40. The van der Waals surface area contributed by atoms with E-state index in [2.05, 4.69) is 17.2 Å². The van der Waals surface area contributed by atoms with Gasteiger partial charge in [-0.15, -0.1) is 0 Å². The molecule has 0 spiro atoms. The van der Waals surface area contributed by atoms with Crippen LogP contribution in [0.4, 0.5) is 0 Å². The zero-order chi connectivity index (χ0) is 7.82. The molecule has 0 aliphatic carbocycles. The summed E-state index contributed by atoms with van der Waals surface area (Å²) in [4.78, 5) is 0. The Morgan fingerprint density at radius 3 is 2.60 bits per heavy atom. The highest BCUT2D eigenvalue weighted by Gasteiger charge is 1.84. The minimum Gasteiger partial charge on any atom is -0.388 e. The van der Waals surface area contributed by atoms with E-state index in [0.717, 1.165) is 25.3 Å². The molecule has 0 unspecified atom stereocenters. The molecule has 0 saturated heterocycles. The molecule has 0 bridgehead atoms. The van der Waals surface area contributed by atoms with E-state index in [-0.39, 0.29) is 0 Å². The molecule has 3 heteroatoms. The zero-order valence-electron chi connectivity index (χ0n) is 6.61. The fraction of sp³-hybridized carbons (Fsp3) is 0.714. The van der Waals surface area contributed by atoms with Gasteiger partial charge in [0.05, 0.1) is 0 Å². The molecule has 0 aromatic carbocycles. The van der Waals surface area contributed by atoms with Gasteiger partial charge in [-0.2, -0.15) is 0 Å². The first-order valence-electron chi connectivity index (χ1n) is 3.57. The maximum Gasteiger partial charge on any atom is 0.0269 e. The molecular weight excluding hydrogens is 126 g/mol. The fourth-order valence-corrected chi connectivity index (χ4v) is 0.591. The Morgan fingerprint density at radius 2 is 2.10 bits per heavy atom. The van der Waals surface area contributed by atoms with Crippen molar-refractivity contribution in [1.82, 2.24) is 10.6 Å². The van der Waals surface area contributed by atoms with Crippen molar-refractivity contribution < 1.29 is 0 Å². The standard InChI is InChI=1S/C7H17N3/c1-7(2)10-6-5-9-4-3-8/h9-10H,1,3-6,8H2,2H3. The third kappa shape index (κ3) is 7.46. The molecular formula is C7H17N3. The van der Waals surface area contributed by atoms with Gasteiger partial charge in [-0.3, -0.25) is 0 Å². The topological polar surface area (TPSA) is 50.1 Å². The Bertz CT molecular complexity index is 90.9. The maximum atomic E-state index is 5.27. The van der Waals surface area contributed by atoms with Crippen LogP contribution in [0.15, 0.2) is 12.3 Å². The maximum absolute atomic E-state index is 5.27. The van der Waals surface area contributed by atoms with Crippen LogP contribution in [0.1, 0.15) is 6.92 Å². The summed E-state index contributed by atoms with van der Waals surface area (Å²) in [6.07, 6.45) is 0. The van der Waals surface area contributed by atoms with Gasteiger partial charge in [0.25, 0.3) is 0 Å². The molecule has 0 aromatic heterocycles. The Hall–Kier alpha value is -0.540. The van der Waals surface area contributed by atoms with Gasteiger partial charge in [0.2, 0.25) is 0 Å². The molecule has 0 amide bonds. The molecule has 0 saturated carbocycles. The summed E-state index contributed by atoms with van der Waals surface area (Å²) in [5.74, 6) is 0. The van der Waals surface area contributed by atoms with E-state index in [1.54, 1.807) is 0 Å². The van der Waals surface area contributed by atoms with Gasteiger partial charge in [-0.1, -0.05) is 6.58 Å². The first kappa shape index (κ1) is 9.46. The van der Waals surface area contributed by atoms with Gasteiger partial charge >= 0.3 is 0 Å². The van der Waals surface area contributed by atoms with Gasteiger partial charge < -0.3 is 16.4 Å². The van der Waals surface area contributed by atoms with Crippen molar-refractivity contribution in [2.45, 2.75) is 6.92 Å². The lowest BCUT2D eigenvalue weighted by Gasteiger charge is -2.04. The third-order valence-electron chi connectivity index (χ3n) is 1.05. The van der Waals surface area contributed by atoms with Crippen molar-refractivity contribution in [3.8, 4) is 0 Å². The average Bonchev–Trinajstić information content (AvgIpc) is 1.87. The van der Waals surface area contributed by atoms with Crippen LogP contribution in [-0.4, -0.2) is 26.2 Å². The monoisotopic (exact) mass is 143 g/mol. The summed E-state index contributed by atoms with van der Waals surface area (Å²) < 4.78 is 0. The molecule has 0 fully saturated rings. The average molecular weight is 143 g/mol. The summed E-state index contributed by atoms with van der Waals surface area (Å²) in [5, 5.41) is 6.27. The summed E-state index contributed by atoms with van der Waals surface area (Å²) in [6.45, 7) is 9.12. The van der Waals surface area contributed by atoms with E-state index < -0.39 is 0 Å². The van der Waals surface area contributed by atoms with Gasteiger partial charge in [-0.05, 0) is 6.92 Å². The molecule has 0 aliphatic rings. The minimum atomic E-state index is 0.701. The lowest BCUT2D eigenvalue weighted by molar-refractivity contribution is 0.655. The zero-order valence-corrected chi connectivity index (χ0v) is 6.61. The Morgan fingerprint density at radius 1 is 1.40 bits per heavy atom. The van der Waals surface area contributed by atoms with Crippen LogP contribution in [-0.2, 0) is 0 Å². The van der Waals surface area contributed by atoms with Crippen LogP contribution in [0.5, 0.6) is 0 Å². The largest absolute Gasteiger partial charge is 0.388 e. The lowest BCUT2D eigenvalue weighted by atomic mass is 10.5. The van der Waals surface area contributed by atoms with Crippen LogP contribution in [0.3, 0.4) is 0 Å². The Balaban J connectivity index is 2.84. The highest BCUT2D eigenvalue weighted by Crippen LogP contribution is 1.73. The molecule has 0 aliphatic heterocycles. The molecule has 0 atom stereocenters. The lowest BCUT2D eigenvalue weighted by Crippen LogP contribution is -2.29. The molecule has 10 heavy (non-hydrogen) atoms. The predicted molar refractivity (Wildman–Crippen MR) is 44.7 cm³/mol. The van der Waals surface area contributed by atoms with Crippen molar-refractivity contribution in [1.29, 1.82) is 0 Å². The number of nitrogens with one attached hydrogen (secondary N) is 2. The van der Waals surface area contributed by atoms with Crippen molar-refractivity contribution >= 4 is 0 Å². The highest BCUT2D eigenvalue weighted by atomic mass is 14.9. The van der Waals surface area contributed by atoms with Crippen LogP contribution >= 0.6 is 0 Å². The van der Waals surface area contributed by atoms with Crippen molar-refractivity contribution in [2.24, 2.45) is 5.73 Å². The summed E-state index contributed by atoms with van der Waals surface area (Å²) >= 11 is 0. The quantitative estimate of drug-likeness (QED) is 0.446. The van der Waals surface area contributed by atoms with Gasteiger partial charge in [-0.25, -0.2) is 0 Å². The van der Waals surface area contributed by atoms with Crippen LogP contribution < -0.4 is 16.4 Å². The smallest absolute Gasteiger partial charge is 0.0269 e. The van der Waals surface area contributed by atoms with E-state index in [1.807, 2.05) is 6.92 Å². The number of hydrogen-bond donors (Lipinski definition) is 3. The first-order valence-corrected chi connectivity index (χ1v) is 3.57. The van der Waals surface area contributed by atoms with E-state index in [4.69, 9.17) is 5.73 Å². The van der Waals surface area contributed by atoms with Crippen molar-refractivity contribution in [3.63, 3.8) is 0 Å². The SMILES string of the molecule is C=C(C)NCCNCCN. The van der Waals surface area contributed by atoms with Gasteiger partial charge in [0, 0.05) is 31.9 Å². The molecule has 0 radical (unpaired) electrons. The number of nitrogens with two attached hydrogens (primary N) is 1. The molecule has 60 valence electrons. The van der Waals surface area contributed by atoms with Gasteiger partial charge in [0.15, 0.2) is 0 Å². The first-order chi connectivity index (χ1) is 4.77. The summed E-state index contributed by atoms with van der Waals surface area (Å²) in [5.41, 5.74) is 6.28. The molecule has 0 heterocycles. The molecule has 0 aromatic rings. The Labute approximate surface area is 62.7 Å². The van der Waals surface area contributed by atoms with E-state index in [0.29, 0.717) is 6.54 Å². The summed E-state index contributed by atoms with van der Waals surface area (Å²) in [6, 6.07) is 0. The van der Waals surface area contributed by atoms with Crippen molar-refractivity contribution in [3.05, 3.63) is 12.3 Å². The fourth-order valence-electron chi connectivity index (χ4n) is 0.591. The number of allylic oxidation sites excluding steroid dienone is 1. The Kier molecular flexibility index (Phi) is 6.22. The second-order valence-electron chi connectivity index (χ2n) is 2.25. The second kappa shape index (κ2) is 6.58. The molecule has 4 N–H and O–H groups in total. The second-order valence-corrected chi connectivity index (χ2v) is 2.25. The van der Waals surface area contributed by atoms with Crippen LogP contribution in [0.25, 0.3) is 0 Å². The third-order valence-corrected chi connectivity index (χ3v) is 1.05. The van der Waals surface area contributed by atoms with Crippen LogP contribution in [0.2, 0.25) is 0 Å². The van der Waals surface area contributed by atoms with Gasteiger partial charge in [0.1, 0.15) is 0 Å². The van der Waals surface area contributed by atoms with E-state index in [1.165, 1.54) is 0 Å². The predicted octanol–water partition coefficient (Wildman–Crippen LogP) is -0.342. The van der Waals surface area contributed by atoms with E-state index >= 15 is 0 Å². The molecule has 3 nitrogen and oxygen atoms in total. The minimum absolute atomic E-state index is 0.701. The van der Waals surface area contributed by atoms with E-state index in [9.17, 15) is 0 Å². The molecule has 0 rings (SSSR count). The number of hydrogen-bond acceptors (Lipinski definition) is 3. The summed E-state index contributed by atoms with van der Waals surface area (Å²) in [7, 11) is 0. The number of rotatable bonds is 6. The van der Waals surface area contributed by atoms with Crippen molar-refractivity contribution in [2.75, 3.05) is 26.2 Å². The van der Waals surface area contributed by atoms with Crippen LogP contribution in [0, 0.1) is 0 Å².